The largest absolute Gasteiger partial charge is 0.393 e. The van der Waals surface area contributed by atoms with Crippen LogP contribution < -0.4 is 10.2 Å². The number of piperazine rings is 1. The molecule has 3 aliphatic rings. The van der Waals surface area contributed by atoms with Gasteiger partial charge in [0.05, 0.1) is 23.0 Å². The molecule has 7 rings (SSSR count). The highest BCUT2D eigenvalue weighted by molar-refractivity contribution is 6.08. The average molecular weight is 490 g/mol. The third kappa shape index (κ3) is 4.11. The molecule has 0 saturated carbocycles. The number of rotatable bonds is 7. The summed E-state index contributed by atoms with van der Waals surface area (Å²) < 4.78 is 1.71. The number of nitrogens with one attached hydrogen (secondary N) is 2. The standard InChI is InChI=1S/C28H27N9/c1-31-12-21(10-29)20-8-26(28-22(11-30)14-34-37(28)15-20)19-5-6-27(33-13-19)35-17-24-9-25(18-35)36(24)16-23-4-2-3-7-32-23/h2-8,10,12-15,24-25,29,31H,9,16-18H2,1H3/b21-12+,29-10?. The van der Waals surface area contributed by atoms with E-state index < -0.39 is 0 Å². The van der Waals surface area contributed by atoms with Gasteiger partial charge in [0.2, 0.25) is 0 Å². The summed E-state index contributed by atoms with van der Waals surface area (Å²) in [4.78, 5) is 14.2. The summed E-state index contributed by atoms with van der Waals surface area (Å²) in [6, 6.07) is 15.5. The Labute approximate surface area is 215 Å². The van der Waals surface area contributed by atoms with Crippen molar-refractivity contribution in [2.75, 3.05) is 25.0 Å². The van der Waals surface area contributed by atoms with Gasteiger partial charge in [0.25, 0.3) is 0 Å². The van der Waals surface area contributed by atoms with E-state index in [1.54, 1.807) is 24.0 Å². The Morgan fingerprint density at radius 2 is 2.05 bits per heavy atom. The van der Waals surface area contributed by atoms with Crippen LogP contribution in [0.1, 0.15) is 23.2 Å². The van der Waals surface area contributed by atoms with E-state index in [4.69, 9.17) is 10.4 Å². The Bertz CT molecular complexity index is 1500. The van der Waals surface area contributed by atoms with Gasteiger partial charge < -0.3 is 15.6 Å². The molecule has 3 saturated heterocycles. The van der Waals surface area contributed by atoms with Crippen molar-refractivity contribution < 1.29 is 0 Å². The highest BCUT2D eigenvalue weighted by atomic mass is 15.4. The SMILES string of the molecule is CN/C=C(\C=N)c1cc(-c2ccc(N3CC4CC(C3)N4Cc3ccccn3)nc2)c2c(C#N)cnn2c1. The molecule has 4 aromatic rings. The van der Waals surface area contributed by atoms with E-state index in [-0.39, 0.29) is 0 Å². The number of allylic oxidation sites excluding steroid dienone is 1. The topological polar surface area (TPSA) is 109 Å². The van der Waals surface area contributed by atoms with Crippen LogP contribution in [0.15, 0.2) is 67.4 Å². The molecule has 2 N–H and O–H groups in total. The Morgan fingerprint density at radius 1 is 1.19 bits per heavy atom. The minimum absolute atomic E-state index is 0.503. The molecular formula is C28H27N9. The van der Waals surface area contributed by atoms with Crippen LogP contribution in [0, 0.1) is 16.7 Å². The zero-order valence-corrected chi connectivity index (χ0v) is 20.5. The van der Waals surface area contributed by atoms with Crippen molar-refractivity contribution in [1.29, 1.82) is 10.7 Å². The lowest BCUT2D eigenvalue weighted by atomic mass is 9.87. The van der Waals surface area contributed by atoms with Crippen molar-refractivity contribution >= 4 is 23.1 Å². The van der Waals surface area contributed by atoms with Gasteiger partial charge in [-0.25, -0.2) is 9.50 Å². The minimum atomic E-state index is 0.503. The van der Waals surface area contributed by atoms with Crippen molar-refractivity contribution in [2.45, 2.75) is 25.0 Å². The second-order valence-electron chi connectivity index (χ2n) is 9.49. The molecule has 9 heteroatoms. The van der Waals surface area contributed by atoms with E-state index in [2.05, 4.69) is 49.5 Å². The van der Waals surface area contributed by atoms with Crippen molar-refractivity contribution in [2.24, 2.45) is 0 Å². The second-order valence-corrected chi connectivity index (χ2v) is 9.49. The molecule has 0 aromatic carbocycles. The van der Waals surface area contributed by atoms with Gasteiger partial charge in [0, 0.05) is 92.0 Å². The number of hydrogen-bond acceptors (Lipinski definition) is 8. The van der Waals surface area contributed by atoms with Gasteiger partial charge in [0.1, 0.15) is 11.9 Å². The number of nitrogens with zero attached hydrogens (tertiary/aromatic N) is 7. The van der Waals surface area contributed by atoms with Gasteiger partial charge in [-0.05, 0) is 36.8 Å². The number of aromatic nitrogens is 4. The van der Waals surface area contributed by atoms with Gasteiger partial charge >= 0.3 is 0 Å². The molecule has 0 aliphatic carbocycles. The zero-order chi connectivity index (χ0) is 25.4. The smallest absolute Gasteiger partial charge is 0.128 e. The third-order valence-corrected chi connectivity index (χ3v) is 7.32. The summed E-state index contributed by atoms with van der Waals surface area (Å²) in [5.74, 6) is 0.965. The molecule has 2 atom stereocenters. The molecule has 4 aromatic heterocycles. The van der Waals surface area contributed by atoms with Crippen LogP contribution in [0.2, 0.25) is 0 Å². The van der Waals surface area contributed by atoms with E-state index in [0.717, 1.165) is 53.4 Å². The first-order chi connectivity index (χ1) is 18.2. The fourth-order valence-corrected chi connectivity index (χ4v) is 5.49. The molecule has 0 spiro atoms. The minimum Gasteiger partial charge on any atom is -0.393 e. The van der Waals surface area contributed by atoms with Crippen LogP contribution in [0.5, 0.6) is 0 Å². The fourth-order valence-electron chi connectivity index (χ4n) is 5.49. The van der Waals surface area contributed by atoms with Crippen LogP contribution >= 0.6 is 0 Å². The molecule has 0 radical (unpaired) electrons. The summed E-state index contributed by atoms with van der Waals surface area (Å²) in [6.07, 6.45) is 11.4. The quantitative estimate of drug-likeness (QED) is 0.383. The Balaban J connectivity index is 1.26. The van der Waals surface area contributed by atoms with Gasteiger partial charge in [0.15, 0.2) is 0 Å². The monoisotopic (exact) mass is 489 g/mol. The van der Waals surface area contributed by atoms with Crippen LogP contribution in [-0.2, 0) is 6.54 Å². The molecular weight excluding hydrogens is 462 g/mol. The van der Waals surface area contributed by atoms with Crippen molar-refractivity contribution in [3.8, 4) is 17.2 Å². The second kappa shape index (κ2) is 9.48. The third-order valence-electron chi connectivity index (χ3n) is 7.32. The highest BCUT2D eigenvalue weighted by Crippen LogP contribution is 2.36. The number of fused-ring (bicyclic) bond motifs is 3. The Hall–Kier alpha value is -4.55. The van der Waals surface area contributed by atoms with Crippen LogP contribution in [-0.4, -0.2) is 62.9 Å². The van der Waals surface area contributed by atoms with Gasteiger partial charge in [-0.15, -0.1) is 0 Å². The summed E-state index contributed by atoms with van der Waals surface area (Å²) >= 11 is 0. The molecule has 7 heterocycles. The van der Waals surface area contributed by atoms with Gasteiger partial charge in [-0.1, -0.05) is 6.07 Å². The Morgan fingerprint density at radius 3 is 2.73 bits per heavy atom. The number of hydrogen-bond donors (Lipinski definition) is 2. The highest BCUT2D eigenvalue weighted by Gasteiger charge is 2.44. The van der Waals surface area contributed by atoms with Crippen LogP contribution in [0.4, 0.5) is 5.82 Å². The van der Waals surface area contributed by atoms with E-state index in [1.807, 2.05) is 36.8 Å². The molecule has 2 bridgehead atoms. The molecule has 0 amide bonds. The number of anilines is 1. The lowest BCUT2D eigenvalue weighted by molar-refractivity contribution is -0.00967. The number of pyridine rings is 3. The molecule has 184 valence electrons. The predicted molar refractivity (Wildman–Crippen MR) is 143 cm³/mol. The van der Waals surface area contributed by atoms with E-state index in [1.165, 1.54) is 12.6 Å². The van der Waals surface area contributed by atoms with E-state index in [9.17, 15) is 5.26 Å². The maximum atomic E-state index is 9.67. The molecule has 37 heavy (non-hydrogen) atoms. The van der Waals surface area contributed by atoms with Crippen molar-refractivity contribution in [3.05, 3.63) is 84.2 Å². The lowest BCUT2D eigenvalue weighted by Crippen LogP contribution is -2.68. The number of nitriles is 1. The Kier molecular flexibility index (Phi) is 5.87. The fraction of sp³-hybridized carbons (Fsp3) is 0.250. The molecule has 9 nitrogen and oxygen atoms in total. The van der Waals surface area contributed by atoms with Crippen molar-refractivity contribution in [1.82, 2.24) is 29.8 Å². The summed E-state index contributed by atoms with van der Waals surface area (Å²) in [7, 11) is 1.80. The molecule has 3 fully saturated rings. The first-order valence-electron chi connectivity index (χ1n) is 12.3. The predicted octanol–water partition coefficient (Wildman–Crippen LogP) is 3.34. The molecule has 2 unspecified atom stereocenters. The first kappa shape index (κ1) is 22.9. The zero-order valence-electron chi connectivity index (χ0n) is 20.5. The number of piperidine rings is 1. The summed E-state index contributed by atoms with van der Waals surface area (Å²) in [6.45, 7) is 2.80. The lowest BCUT2D eigenvalue weighted by Gasteiger charge is -2.56. The normalized spacial score (nSPS) is 19.4. The van der Waals surface area contributed by atoms with Crippen LogP contribution in [0.25, 0.3) is 22.2 Å². The maximum Gasteiger partial charge on any atom is 0.128 e. The van der Waals surface area contributed by atoms with Gasteiger partial charge in [-0.2, -0.15) is 10.4 Å². The van der Waals surface area contributed by atoms with Crippen molar-refractivity contribution in [3.63, 3.8) is 0 Å². The first-order valence-corrected chi connectivity index (χ1v) is 12.3. The van der Waals surface area contributed by atoms with E-state index >= 15 is 0 Å². The summed E-state index contributed by atoms with van der Waals surface area (Å²) in [5.41, 5.74) is 5.66. The maximum absolute atomic E-state index is 9.67. The molecule has 3 aliphatic heterocycles. The average Bonchev–Trinajstić information content (AvgIpc) is 3.38. The van der Waals surface area contributed by atoms with Gasteiger partial charge in [-0.3, -0.25) is 9.88 Å². The van der Waals surface area contributed by atoms with E-state index in [0.29, 0.717) is 23.2 Å². The van der Waals surface area contributed by atoms with Crippen LogP contribution in [0.3, 0.4) is 0 Å². The summed E-state index contributed by atoms with van der Waals surface area (Å²) in [5, 5.41) is 24.9.